The number of phenolic OH excluding ortho intramolecular Hbond substituents is 1. The fraction of sp³-hybridized carbons (Fsp3) is 0.185. The summed E-state index contributed by atoms with van der Waals surface area (Å²) in [5.74, 6) is 0.844. The third-order valence-corrected chi connectivity index (χ3v) is 7.02. The predicted molar refractivity (Wildman–Crippen MR) is 143 cm³/mol. The lowest BCUT2D eigenvalue weighted by Gasteiger charge is -2.28. The summed E-state index contributed by atoms with van der Waals surface area (Å²) in [5.41, 5.74) is 6.02. The molecule has 3 heterocycles. The molecular weight excluding hydrogens is 480 g/mol. The Morgan fingerprint density at radius 2 is 1.77 bits per heavy atom. The van der Waals surface area contributed by atoms with Crippen LogP contribution in [0.15, 0.2) is 72.9 Å². The fourth-order valence-corrected chi connectivity index (χ4v) is 5.44. The maximum atomic E-state index is 9.77. The molecule has 1 fully saturated rings. The van der Waals surface area contributed by atoms with E-state index in [0.29, 0.717) is 15.9 Å². The molecule has 8 heteroatoms. The number of ether oxygens (including phenoxy) is 1. The Balaban J connectivity index is 1.67. The van der Waals surface area contributed by atoms with Gasteiger partial charge in [0.15, 0.2) is 5.11 Å². The molecule has 0 saturated carbocycles. The number of aromatic hydroxyl groups is 1. The Bertz CT molecular complexity index is 1390. The van der Waals surface area contributed by atoms with Crippen LogP contribution in [-0.2, 0) is 0 Å². The van der Waals surface area contributed by atoms with Crippen LogP contribution in [0.3, 0.4) is 0 Å². The second-order valence-electron chi connectivity index (χ2n) is 8.49. The average Bonchev–Trinajstić information content (AvgIpc) is 3.35. The lowest BCUT2D eigenvalue weighted by molar-refractivity contribution is 0.415. The highest BCUT2D eigenvalue weighted by atomic mass is 35.5. The molecule has 5 rings (SSSR count). The van der Waals surface area contributed by atoms with E-state index in [9.17, 15) is 5.11 Å². The van der Waals surface area contributed by atoms with Gasteiger partial charge in [0, 0.05) is 29.0 Å². The van der Waals surface area contributed by atoms with Gasteiger partial charge in [0.25, 0.3) is 0 Å². The van der Waals surface area contributed by atoms with Crippen LogP contribution in [0.2, 0.25) is 5.02 Å². The quantitative estimate of drug-likeness (QED) is 0.323. The largest absolute Gasteiger partial charge is 0.508 e. The summed E-state index contributed by atoms with van der Waals surface area (Å²) >= 11 is 12.4. The molecule has 1 aliphatic rings. The van der Waals surface area contributed by atoms with Gasteiger partial charge >= 0.3 is 0 Å². The zero-order chi connectivity index (χ0) is 24.7. The molecule has 0 bridgehead atoms. The molecule has 0 amide bonds. The number of halogens is 1. The van der Waals surface area contributed by atoms with Gasteiger partial charge in [-0.15, -0.1) is 0 Å². The molecular formula is C27H25ClN4O2S. The standard InChI is InChI=1S/C27H25ClN4O2S/c1-16-14-21(17(2)31(16)18-7-10-20(33)11-8-18)26-25(23-6-4-5-13-29-23)30-27(35)32(26)19-9-12-24(34-3)22(28)15-19/h4-15,25-26,33H,1-3H3,(H,30,35)/t25-,26-/m1/s1. The van der Waals surface area contributed by atoms with Crippen LogP contribution < -0.4 is 15.0 Å². The number of phenols is 1. The lowest BCUT2D eigenvalue weighted by atomic mass is 9.96. The van der Waals surface area contributed by atoms with E-state index in [1.807, 2.05) is 48.5 Å². The van der Waals surface area contributed by atoms with Crippen molar-refractivity contribution in [1.82, 2.24) is 14.9 Å². The minimum Gasteiger partial charge on any atom is -0.508 e. The number of nitrogens with one attached hydrogen (secondary N) is 1. The Labute approximate surface area is 214 Å². The Kier molecular flexibility index (Phi) is 6.13. The number of thiocarbonyl (C=S) groups is 1. The number of rotatable bonds is 5. The van der Waals surface area contributed by atoms with Crippen molar-refractivity contribution in [2.45, 2.75) is 25.9 Å². The van der Waals surface area contributed by atoms with Gasteiger partial charge in [0.2, 0.25) is 0 Å². The summed E-state index contributed by atoms with van der Waals surface area (Å²) in [7, 11) is 1.60. The van der Waals surface area contributed by atoms with Crippen LogP contribution in [0, 0.1) is 13.8 Å². The molecule has 0 radical (unpaired) electrons. The number of anilines is 1. The molecule has 2 atom stereocenters. The van der Waals surface area contributed by atoms with Gasteiger partial charge in [0.05, 0.1) is 29.9 Å². The summed E-state index contributed by atoms with van der Waals surface area (Å²) in [6.07, 6.45) is 1.80. The monoisotopic (exact) mass is 504 g/mol. The molecule has 1 saturated heterocycles. The molecule has 0 unspecified atom stereocenters. The van der Waals surface area contributed by atoms with Crippen LogP contribution in [-0.4, -0.2) is 26.9 Å². The molecule has 6 nitrogen and oxygen atoms in total. The maximum absolute atomic E-state index is 9.77. The Morgan fingerprint density at radius 1 is 1.03 bits per heavy atom. The zero-order valence-electron chi connectivity index (χ0n) is 19.6. The smallest absolute Gasteiger partial charge is 0.174 e. The van der Waals surface area contributed by atoms with Crippen LogP contribution in [0.25, 0.3) is 5.69 Å². The molecule has 4 aromatic rings. The minimum absolute atomic E-state index is 0.168. The van der Waals surface area contributed by atoms with Crippen molar-refractivity contribution in [3.05, 3.63) is 101 Å². The zero-order valence-corrected chi connectivity index (χ0v) is 21.1. The highest BCUT2D eigenvalue weighted by Crippen LogP contribution is 2.45. The van der Waals surface area contributed by atoms with Crippen LogP contribution in [0.1, 0.15) is 34.7 Å². The van der Waals surface area contributed by atoms with Gasteiger partial charge in [0.1, 0.15) is 11.5 Å². The first-order chi connectivity index (χ1) is 16.9. The maximum Gasteiger partial charge on any atom is 0.174 e. The second kappa shape index (κ2) is 9.24. The van der Waals surface area contributed by atoms with Crippen molar-refractivity contribution >= 4 is 34.6 Å². The third kappa shape index (κ3) is 4.11. The van der Waals surface area contributed by atoms with E-state index in [1.165, 1.54) is 0 Å². The van der Waals surface area contributed by atoms with Crippen LogP contribution in [0.5, 0.6) is 11.5 Å². The number of aryl methyl sites for hydroxylation is 1. The second-order valence-corrected chi connectivity index (χ2v) is 9.29. The molecule has 0 spiro atoms. The number of pyridine rings is 1. The summed E-state index contributed by atoms with van der Waals surface area (Å²) in [6, 6.07) is 20.7. The van der Waals surface area contributed by atoms with E-state index in [4.69, 9.17) is 28.6 Å². The van der Waals surface area contributed by atoms with Crippen molar-refractivity contribution in [2.24, 2.45) is 0 Å². The number of hydrogen-bond donors (Lipinski definition) is 2. The molecule has 2 N–H and O–H groups in total. The molecule has 0 aliphatic carbocycles. The molecule has 2 aromatic heterocycles. The van der Waals surface area contributed by atoms with Gasteiger partial charge in [-0.2, -0.15) is 0 Å². The first-order valence-electron chi connectivity index (χ1n) is 11.2. The topological polar surface area (TPSA) is 62.5 Å². The number of aromatic nitrogens is 2. The fourth-order valence-electron chi connectivity index (χ4n) is 4.84. The summed E-state index contributed by atoms with van der Waals surface area (Å²) < 4.78 is 7.54. The number of benzene rings is 2. The molecule has 178 valence electrons. The van der Waals surface area contributed by atoms with Crippen LogP contribution in [0.4, 0.5) is 5.69 Å². The van der Waals surface area contributed by atoms with Crippen molar-refractivity contribution in [3.8, 4) is 17.2 Å². The average molecular weight is 505 g/mol. The minimum atomic E-state index is -0.168. The van der Waals surface area contributed by atoms with E-state index >= 15 is 0 Å². The third-order valence-electron chi connectivity index (χ3n) is 6.41. The first-order valence-corrected chi connectivity index (χ1v) is 12.0. The van der Waals surface area contributed by atoms with Crippen LogP contribution >= 0.6 is 23.8 Å². The Hall–Kier alpha value is -3.55. The van der Waals surface area contributed by atoms with Crippen molar-refractivity contribution < 1.29 is 9.84 Å². The van der Waals surface area contributed by atoms with E-state index in [-0.39, 0.29) is 17.8 Å². The van der Waals surface area contributed by atoms with Gasteiger partial charge in [-0.3, -0.25) is 4.98 Å². The van der Waals surface area contributed by atoms with Crippen molar-refractivity contribution in [1.29, 1.82) is 0 Å². The highest BCUT2D eigenvalue weighted by molar-refractivity contribution is 7.80. The highest BCUT2D eigenvalue weighted by Gasteiger charge is 2.42. The summed E-state index contributed by atoms with van der Waals surface area (Å²) in [6.45, 7) is 4.18. The van der Waals surface area contributed by atoms with Crippen molar-refractivity contribution in [2.75, 3.05) is 12.0 Å². The number of hydrogen-bond acceptors (Lipinski definition) is 4. The number of nitrogens with zero attached hydrogens (tertiary/aromatic N) is 3. The Morgan fingerprint density at radius 3 is 2.43 bits per heavy atom. The lowest BCUT2D eigenvalue weighted by Crippen LogP contribution is -2.29. The van der Waals surface area contributed by atoms with Crippen molar-refractivity contribution in [3.63, 3.8) is 0 Å². The first kappa shape index (κ1) is 23.2. The van der Waals surface area contributed by atoms with E-state index in [2.05, 4.69) is 39.7 Å². The molecule has 1 aliphatic heterocycles. The van der Waals surface area contributed by atoms with E-state index in [0.717, 1.165) is 34.0 Å². The van der Waals surface area contributed by atoms with Gasteiger partial charge in [-0.1, -0.05) is 17.7 Å². The summed E-state index contributed by atoms with van der Waals surface area (Å²) in [5, 5.41) is 14.4. The summed E-state index contributed by atoms with van der Waals surface area (Å²) in [4.78, 5) is 6.74. The predicted octanol–water partition coefficient (Wildman–Crippen LogP) is 6.03. The molecule has 35 heavy (non-hydrogen) atoms. The molecule has 2 aromatic carbocycles. The van der Waals surface area contributed by atoms with Gasteiger partial charge < -0.3 is 24.6 Å². The van der Waals surface area contributed by atoms with Gasteiger partial charge in [-0.05, 0) is 92.3 Å². The van der Waals surface area contributed by atoms with Gasteiger partial charge in [-0.25, -0.2) is 0 Å². The van der Waals surface area contributed by atoms with E-state index < -0.39 is 0 Å². The van der Waals surface area contributed by atoms with E-state index in [1.54, 1.807) is 25.4 Å². The number of methoxy groups -OCH3 is 1. The normalized spacial score (nSPS) is 17.5. The SMILES string of the molecule is COc1ccc(N2C(=S)N[C@H](c3ccccn3)[C@H]2c2cc(C)n(-c3ccc(O)cc3)c2C)cc1Cl.